The third-order valence-corrected chi connectivity index (χ3v) is 3.36. The number of rotatable bonds is 3. The lowest BCUT2D eigenvalue weighted by Crippen LogP contribution is -2.31. The topological polar surface area (TPSA) is 68.8 Å². The summed E-state index contributed by atoms with van der Waals surface area (Å²) in [5, 5.41) is 19.7. The summed E-state index contributed by atoms with van der Waals surface area (Å²) >= 11 is 0. The van der Waals surface area contributed by atoms with Crippen LogP contribution in [0.5, 0.6) is 0 Å². The quantitative estimate of drug-likeness (QED) is 0.663. The maximum Gasteiger partial charge on any atom is 0.149 e. The highest BCUT2D eigenvalue weighted by Gasteiger charge is 2.14. The SMILES string of the molecule is CC(=N)n1nc(N(C)C(C)c2ccccc2)ccc1=N. The third kappa shape index (κ3) is 2.77. The molecule has 0 bridgehead atoms. The number of anilines is 1. The maximum atomic E-state index is 7.75. The van der Waals surface area contributed by atoms with Crippen LogP contribution < -0.4 is 10.4 Å². The van der Waals surface area contributed by atoms with Gasteiger partial charge < -0.3 is 4.90 Å². The Morgan fingerprint density at radius 2 is 1.85 bits per heavy atom. The third-order valence-electron chi connectivity index (χ3n) is 3.36. The van der Waals surface area contributed by atoms with Crippen molar-refractivity contribution >= 4 is 11.7 Å². The predicted octanol–water partition coefficient (Wildman–Crippen LogP) is 2.41. The van der Waals surface area contributed by atoms with Crippen LogP contribution in [0.15, 0.2) is 42.5 Å². The van der Waals surface area contributed by atoms with Crippen LogP contribution in [0.25, 0.3) is 0 Å². The molecule has 1 atom stereocenters. The van der Waals surface area contributed by atoms with Gasteiger partial charge in [0.25, 0.3) is 0 Å². The highest BCUT2D eigenvalue weighted by molar-refractivity contribution is 5.77. The van der Waals surface area contributed by atoms with E-state index in [-0.39, 0.29) is 17.4 Å². The zero-order valence-electron chi connectivity index (χ0n) is 12.0. The van der Waals surface area contributed by atoms with Gasteiger partial charge in [-0.25, -0.2) is 4.68 Å². The molecular weight excluding hydrogens is 250 g/mol. The molecule has 1 aromatic heterocycles. The van der Waals surface area contributed by atoms with Gasteiger partial charge in [-0.3, -0.25) is 10.8 Å². The zero-order chi connectivity index (χ0) is 14.7. The Hall–Kier alpha value is -2.43. The van der Waals surface area contributed by atoms with Gasteiger partial charge in [0.2, 0.25) is 0 Å². The van der Waals surface area contributed by atoms with E-state index in [2.05, 4.69) is 24.2 Å². The van der Waals surface area contributed by atoms with Gasteiger partial charge in [-0.1, -0.05) is 30.3 Å². The van der Waals surface area contributed by atoms with Crippen molar-refractivity contribution in [3.05, 3.63) is 53.5 Å². The normalized spacial score (nSPS) is 11.9. The fourth-order valence-electron chi connectivity index (χ4n) is 2.01. The zero-order valence-corrected chi connectivity index (χ0v) is 12.0. The van der Waals surface area contributed by atoms with Crippen LogP contribution in [0.4, 0.5) is 5.82 Å². The fraction of sp³-hybridized carbons (Fsp3) is 0.267. The van der Waals surface area contributed by atoms with Crippen LogP contribution in [0.2, 0.25) is 0 Å². The predicted molar refractivity (Wildman–Crippen MR) is 80.1 cm³/mol. The molecule has 0 aliphatic carbocycles. The summed E-state index contributed by atoms with van der Waals surface area (Å²) in [4.78, 5) is 2.04. The summed E-state index contributed by atoms with van der Waals surface area (Å²) in [7, 11) is 1.97. The van der Waals surface area contributed by atoms with Gasteiger partial charge in [-0.2, -0.15) is 0 Å². The van der Waals surface area contributed by atoms with E-state index < -0.39 is 0 Å². The molecule has 5 nitrogen and oxygen atoms in total. The Morgan fingerprint density at radius 3 is 2.45 bits per heavy atom. The summed E-state index contributed by atoms with van der Waals surface area (Å²) in [6.45, 7) is 3.72. The first-order valence-electron chi connectivity index (χ1n) is 6.49. The Bertz CT molecular complexity index is 659. The van der Waals surface area contributed by atoms with E-state index in [0.29, 0.717) is 0 Å². The molecule has 2 N–H and O–H groups in total. The summed E-state index contributed by atoms with van der Waals surface area (Å²) in [6.07, 6.45) is 0. The Labute approximate surface area is 118 Å². The van der Waals surface area contributed by atoms with E-state index in [0.717, 1.165) is 5.82 Å². The van der Waals surface area contributed by atoms with Crippen LogP contribution in [0.3, 0.4) is 0 Å². The van der Waals surface area contributed by atoms with E-state index in [1.165, 1.54) is 10.2 Å². The second-order valence-corrected chi connectivity index (χ2v) is 4.77. The van der Waals surface area contributed by atoms with Gasteiger partial charge in [-0.15, -0.1) is 5.10 Å². The van der Waals surface area contributed by atoms with Gasteiger partial charge in [0.05, 0.1) is 6.04 Å². The summed E-state index contributed by atoms with van der Waals surface area (Å²) in [5.74, 6) is 0.974. The van der Waals surface area contributed by atoms with Gasteiger partial charge >= 0.3 is 0 Å². The molecule has 2 aromatic rings. The van der Waals surface area contributed by atoms with Crippen molar-refractivity contribution in [3.63, 3.8) is 0 Å². The van der Waals surface area contributed by atoms with E-state index >= 15 is 0 Å². The molecule has 20 heavy (non-hydrogen) atoms. The molecular formula is C15H19N5. The number of nitrogens with zero attached hydrogens (tertiary/aromatic N) is 3. The second-order valence-electron chi connectivity index (χ2n) is 4.77. The maximum absolute atomic E-state index is 7.75. The largest absolute Gasteiger partial charge is 0.351 e. The molecule has 0 fully saturated rings. The summed E-state index contributed by atoms with van der Waals surface area (Å²) in [6, 6.07) is 13.8. The number of aromatic nitrogens is 2. The minimum Gasteiger partial charge on any atom is -0.351 e. The van der Waals surface area contributed by atoms with E-state index in [9.17, 15) is 0 Å². The fourth-order valence-corrected chi connectivity index (χ4v) is 2.01. The minimum atomic E-state index is 0.166. The van der Waals surface area contributed by atoms with E-state index in [1.807, 2.05) is 30.1 Å². The first kappa shape index (κ1) is 14.0. The number of nitrogens with one attached hydrogen (secondary N) is 2. The Balaban J connectivity index is 2.34. The van der Waals surface area contributed by atoms with Crippen LogP contribution in [0.1, 0.15) is 25.5 Å². The van der Waals surface area contributed by atoms with Crippen LogP contribution in [0, 0.1) is 10.8 Å². The first-order valence-corrected chi connectivity index (χ1v) is 6.49. The molecule has 0 spiro atoms. The molecule has 5 heteroatoms. The first-order chi connectivity index (χ1) is 9.50. The molecule has 0 saturated carbocycles. The van der Waals surface area contributed by atoms with Gasteiger partial charge in [0, 0.05) is 7.05 Å². The monoisotopic (exact) mass is 269 g/mol. The van der Waals surface area contributed by atoms with Crippen LogP contribution in [-0.2, 0) is 0 Å². The Morgan fingerprint density at radius 1 is 1.20 bits per heavy atom. The molecule has 104 valence electrons. The number of hydrogen-bond donors (Lipinski definition) is 2. The standard InChI is InChI=1S/C15H19N5/c1-11(13-7-5-4-6-8-13)19(3)15-10-9-14(17)20(18-15)12(2)16/h4-11,16-17H,1-3H3. The molecule has 0 saturated heterocycles. The molecule has 0 amide bonds. The van der Waals surface area contributed by atoms with E-state index in [4.69, 9.17) is 10.8 Å². The van der Waals surface area contributed by atoms with Gasteiger partial charge in [-0.05, 0) is 31.5 Å². The van der Waals surface area contributed by atoms with Crippen molar-refractivity contribution in [2.24, 2.45) is 0 Å². The van der Waals surface area contributed by atoms with Crippen molar-refractivity contribution in [1.29, 1.82) is 10.8 Å². The second kappa shape index (κ2) is 5.69. The molecule has 1 aromatic carbocycles. The molecule has 0 radical (unpaired) electrons. The lowest BCUT2D eigenvalue weighted by Gasteiger charge is -2.26. The lowest BCUT2D eigenvalue weighted by molar-refractivity contribution is 0.699. The highest BCUT2D eigenvalue weighted by Crippen LogP contribution is 2.22. The number of hydrogen-bond acceptors (Lipinski definition) is 4. The number of benzene rings is 1. The van der Waals surface area contributed by atoms with Crippen LogP contribution in [-0.4, -0.2) is 22.7 Å². The Kier molecular flexibility index (Phi) is 3.98. The highest BCUT2D eigenvalue weighted by atomic mass is 15.4. The summed E-state index contributed by atoms with van der Waals surface area (Å²) < 4.78 is 1.32. The van der Waals surface area contributed by atoms with Crippen molar-refractivity contribution in [3.8, 4) is 0 Å². The minimum absolute atomic E-state index is 0.166. The van der Waals surface area contributed by atoms with Crippen molar-refractivity contribution in [2.45, 2.75) is 19.9 Å². The molecule has 2 rings (SSSR count). The van der Waals surface area contributed by atoms with Crippen molar-refractivity contribution in [1.82, 2.24) is 9.78 Å². The van der Waals surface area contributed by atoms with Gasteiger partial charge in [0.15, 0.2) is 0 Å². The smallest absolute Gasteiger partial charge is 0.149 e. The molecule has 1 unspecified atom stereocenters. The van der Waals surface area contributed by atoms with Crippen molar-refractivity contribution in [2.75, 3.05) is 11.9 Å². The van der Waals surface area contributed by atoms with Crippen molar-refractivity contribution < 1.29 is 0 Å². The molecule has 1 heterocycles. The average molecular weight is 269 g/mol. The lowest BCUT2D eigenvalue weighted by atomic mass is 10.1. The van der Waals surface area contributed by atoms with Gasteiger partial charge in [0.1, 0.15) is 17.1 Å². The summed E-state index contributed by atoms with van der Waals surface area (Å²) in [5.41, 5.74) is 1.41. The molecule has 0 aliphatic heterocycles. The average Bonchev–Trinajstić information content (AvgIpc) is 2.47. The van der Waals surface area contributed by atoms with E-state index in [1.54, 1.807) is 19.1 Å². The molecule has 0 aliphatic rings. The van der Waals surface area contributed by atoms with Crippen LogP contribution >= 0.6 is 0 Å².